The minimum Gasteiger partial charge on any atom is -0.466 e. The summed E-state index contributed by atoms with van der Waals surface area (Å²) in [5, 5.41) is 0.470. The first-order valence-electron chi connectivity index (χ1n) is 7.32. The van der Waals surface area contributed by atoms with Crippen LogP contribution < -0.4 is 0 Å². The molecule has 5 nitrogen and oxygen atoms in total. The molecule has 1 aliphatic carbocycles. The molecule has 6 heteroatoms. The Bertz CT molecular complexity index is 655. The van der Waals surface area contributed by atoms with E-state index in [1.807, 2.05) is 17.5 Å². The predicted octanol–water partition coefficient (Wildman–Crippen LogP) is 3.22. The van der Waals surface area contributed by atoms with Crippen molar-refractivity contribution in [3.05, 3.63) is 29.6 Å². The number of ether oxygens (including phenoxy) is 1. The summed E-state index contributed by atoms with van der Waals surface area (Å²) in [6.45, 7) is 2.29. The smallest absolute Gasteiger partial charge is 0.306 e. The highest BCUT2D eigenvalue weighted by Gasteiger charge is 2.30. The highest BCUT2D eigenvalue weighted by Crippen LogP contribution is 2.39. The molecule has 2 aromatic heterocycles. The lowest BCUT2D eigenvalue weighted by molar-refractivity contribution is -0.144. The van der Waals surface area contributed by atoms with Gasteiger partial charge in [0.05, 0.1) is 12.8 Å². The van der Waals surface area contributed by atoms with E-state index in [1.54, 1.807) is 12.4 Å². The number of aromatic nitrogens is 3. The highest BCUT2D eigenvalue weighted by atomic mass is 35.5. The van der Waals surface area contributed by atoms with Crippen molar-refractivity contribution in [2.75, 3.05) is 6.61 Å². The monoisotopic (exact) mass is 307 g/mol. The molecule has 0 radical (unpaired) electrons. The van der Waals surface area contributed by atoms with Gasteiger partial charge in [0.1, 0.15) is 11.3 Å². The molecule has 2 heterocycles. The van der Waals surface area contributed by atoms with Crippen LogP contribution in [0.15, 0.2) is 18.6 Å². The van der Waals surface area contributed by atoms with E-state index in [0.717, 1.165) is 30.6 Å². The normalized spacial score (nSPS) is 21.8. The van der Waals surface area contributed by atoms with Crippen molar-refractivity contribution in [2.45, 2.75) is 38.5 Å². The summed E-state index contributed by atoms with van der Waals surface area (Å²) in [6, 6.07) is 0. The molecule has 0 unspecified atom stereocenters. The van der Waals surface area contributed by atoms with E-state index in [9.17, 15) is 4.79 Å². The van der Waals surface area contributed by atoms with Gasteiger partial charge in [-0.25, -0.2) is 9.97 Å². The first kappa shape index (κ1) is 14.3. The number of halogens is 1. The fourth-order valence-electron chi connectivity index (χ4n) is 3.17. The number of carbonyl (C=O) groups is 1. The first-order valence-corrected chi connectivity index (χ1v) is 7.70. The molecule has 112 valence electrons. The molecule has 0 aliphatic heterocycles. The molecule has 2 atom stereocenters. The number of hydrogen-bond donors (Lipinski definition) is 0. The van der Waals surface area contributed by atoms with Gasteiger partial charge in [-0.15, -0.1) is 0 Å². The highest BCUT2D eigenvalue weighted by molar-refractivity contribution is 6.32. The molecule has 21 heavy (non-hydrogen) atoms. The maximum Gasteiger partial charge on any atom is 0.306 e. The summed E-state index contributed by atoms with van der Waals surface area (Å²) >= 11 is 6.08. The average Bonchev–Trinajstić information content (AvgIpc) is 3.06. The number of carbonyl (C=O) groups excluding carboxylic acids is 1. The molecule has 0 N–H and O–H groups in total. The van der Waals surface area contributed by atoms with Gasteiger partial charge in [0.15, 0.2) is 5.15 Å². The molecule has 0 spiro atoms. The van der Waals surface area contributed by atoms with Crippen molar-refractivity contribution < 1.29 is 9.53 Å². The zero-order valence-electron chi connectivity index (χ0n) is 12.0. The predicted molar refractivity (Wildman–Crippen MR) is 79.3 cm³/mol. The van der Waals surface area contributed by atoms with Crippen molar-refractivity contribution in [1.29, 1.82) is 0 Å². The van der Waals surface area contributed by atoms with Crippen molar-refractivity contribution in [3.8, 4) is 0 Å². The second kappa shape index (κ2) is 6.02. The van der Waals surface area contributed by atoms with Crippen LogP contribution in [0.4, 0.5) is 0 Å². The Hall–Kier alpha value is -1.62. The van der Waals surface area contributed by atoms with Crippen LogP contribution >= 0.6 is 11.6 Å². The minimum atomic E-state index is -0.0941. The summed E-state index contributed by atoms with van der Waals surface area (Å²) in [4.78, 5) is 20.2. The third kappa shape index (κ3) is 2.88. The lowest BCUT2D eigenvalue weighted by Crippen LogP contribution is -2.09. The van der Waals surface area contributed by atoms with E-state index < -0.39 is 0 Å². The van der Waals surface area contributed by atoms with Crippen LogP contribution in [0.25, 0.3) is 5.52 Å². The second-order valence-corrected chi connectivity index (χ2v) is 5.83. The first-order chi connectivity index (χ1) is 10.2. The van der Waals surface area contributed by atoms with Gasteiger partial charge in [-0.2, -0.15) is 0 Å². The largest absolute Gasteiger partial charge is 0.466 e. The quantitative estimate of drug-likeness (QED) is 0.814. The maximum absolute atomic E-state index is 11.6. The Morgan fingerprint density at radius 3 is 3.14 bits per heavy atom. The Balaban J connectivity index is 1.73. The van der Waals surface area contributed by atoms with Gasteiger partial charge in [0, 0.05) is 24.7 Å². The van der Waals surface area contributed by atoms with Crippen LogP contribution in [0.2, 0.25) is 5.15 Å². The van der Waals surface area contributed by atoms with E-state index in [1.165, 1.54) is 0 Å². The van der Waals surface area contributed by atoms with Gasteiger partial charge in [0.2, 0.25) is 0 Å². The molecule has 0 bridgehead atoms. The second-order valence-electron chi connectivity index (χ2n) is 5.47. The molecule has 0 saturated heterocycles. The van der Waals surface area contributed by atoms with E-state index >= 15 is 0 Å². The average molecular weight is 308 g/mol. The Kier molecular flexibility index (Phi) is 4.10. The molecular weight excluding hydrogens is 290 g/mol. The summed E-state index contributed by atoms with van der Waals surface area (Å²) in [5.74, 6) is 1.67. The standard InChI is InChI=1S/C15H18ClN3O2/c1-2-21-13(20)8-10-3-4-11(7-10)15-18-9-12-14(16)17-5-6-19(12)15/h5-6,9-11H,2-4,7-8H2,1H3/t10-,11+/m0/s1. The van der Waals surface area contributed by atoms with Gasteiger partial charge >= 0.3 is 5.97 Å². The van der Waals surface area contributed by atoms with Crippen LogP contribution in [0.3, 0.4) is 0 Å². The molecule has 1 fully saturated rings. The SMILES string of the molecule is CCOC(=O)C[C@H]1CC[C@@H](c2ncc3c(Cl)nccn23)C1. The lowest BCUT2D eigenvalue weighted by atomic mass is 10.0. The van der Waals surface area contributed by atoms with Gasteiger partial charge in [-0.3, -0.25) is 9.20 Å². The number of hydrogen-bond acceptors (Lipinski definition) is 4. The molecule has 0 amide bonds. The molecule has 2 aromatic rings. The summed E-state index contributed by atoms with van der Waals surface area (Å²) in [6.07, 6.45) is 8.91. The molecular formula is C15H18ClN3O2. The zero-order chi connectivity index (χ0) is 14.8. The van der Waals surface area contributed by atoms with Crippen molar-refractivity contribution >= 4 is 23.1 Å². The Morgan fingerprint density at radius 2 is 2.33 bits per heavy atom. The van der Waals surface area contributed by atoms with Crippen LogP contribution in [0, 0.1) is 5.92 Å². The van der Waals surface area contributed by atoms with Crippen molar-refractivity contribution in [1.82, 2.24) is 14.4 Å². The number of fused-ring (bicyclic) bond motifs is 1. The van der Waals surface area contributed by atoms with E-state index in [2.05, 4.69) is 9.97 Å². The number of imidazole rings is 1. The van der Waals surface area contributed by atoms with E-state index in [4.69, 9.17) is 16.3 Å². The summed E-state index contributed by atoms with van der Waals surface area (Å²) in [7, 11) is 0. The Labute approximate surface area is 128 Å². The number of nitrogens with zero attached hydrogens (tertiary/aromatic N) is 3. The van der Waals surface area contributed by atoms with Crippen molar-refractivity contribution in [2.24, 2.45) is 5.92 Å². The topological polar surface area (TPSA) is 56.5 Å². The summed E-state index contributed by atoms with van der Waals surface area (Å²) < 4.78 is 7.04. The lowest BCUT2D eigenvalue weighted by Gasteiger charge is -2.10. The zero-order valence-corrected chi connectivity index (χ0v) is 12.7. The molecule has 3 rings (SSSR count). The molecule has 0 aromatic carbocycles. The maximum atomic E-state index is 11.6. The van der Waals surface area contributed by atoms with Crippen LogP contribution in [0.5, 0.6) is 0 Å². The van der Waals surface area contributed by atoms with Crippen LogP contribution in [-0.4, -0.2) is 26.9 Å². The van der Waals surface area contributed by atoms with Gasteiger partial charge in [-0.1, -0.05) is 11.6 Å². The van der Waals surface area contributed by atoms with Crippen LogP contribution in [-0.2, 0) is 9.53 Å². The summed E-state index contributed by atoms with van der Waals surface area (Å²) in [5.41, 5.74) is 0.836. The number of rotatable bonds is 4. The Morgan fingerprint density at radius 1 is 1.48 bits per heavy atom. The van der Waals surface area contributed by atoms with E-state index in [0.29, 0.717) is 30.0 Å². The van der Waals surface area contributed by atoms with Gasteiger partial charge < -0.3 is 4.74 Å². The third-order valence-electron chi connectivity index (χ3n) is 4.11. The van der Waals surface area contributed by atoms with Gasteiger partial charge in [0.25, 0.3) is 0 Å². The van der Waals surface area contributed by atoms with E-state index in [-0.39, 0.29) is 5.97 Å². The molecule has 1 aliphatic rings. The van der Waals surface area contributed by atoms with Gasteiger partial charge in [-0.05, 0) is 32.1 Å². The minimum absolute atomic E-state index is 0.0941. The third-order valence-corrected chi connectivity index (χ3v) is 4.40. The molecule has 1 saturated carbocycles. The fourth-order valence-corrected chi connectivity index (χ4v) is 3.36. The van der Waals surface area contributed by atoms with Crippen molar-refractivity contribution in [3.63, 3.8) is 0 Å². The fraction of sp³-hybridized carbons (Fsp3) is 0.533. The van der Waals surface area contributed by atoms with Crippen LogP contribution in [0.1, 0.15) is 44.3 Å². The number of esters is 1.